The lowest BCUT2D eigenvalue weighted by atomic mass is 9.85. The van der Waals surface area contributed by atoms with Crippen LogP contribution in [-0.4, -0.2) is 18.1 Å². The van der Waals surface area contributed by atoms with Crippen molar-refractivity contribution in [2.45, 2.75) is 37.9 Å². The number of amides is 1. The first-order valence-corrected chi connectivity index (χ1v) is 6.50. The molecule has 1 aliphatic carbocycles. The molecule has 20 heavy (non-hydrogen) atoms. The molecule has 0 aliphatic heterocycles. The fourth-order valence-electron chi connectivity index (χ4n) is 2.53. The molecule has 110 valence electrons. The molecular weight excluding hydrogens is 274 g/mol. The molecule has 2 nitrogen and oxygen atoms in total. The third-order valence-corrected chi connectivity index (χ3v) is 3.59. The van der Waals surface area contributed by atoms with Gasteiger partial charge in [0.05, 0.1) is 11.5 Å². The van der Waals surface area contributed by atoms with E-state index in [2.05, 4.69) is 5.32 Å². The SMILES string of the molecule is O=C(N[C@H]1CCC[C@@H](C(F)(F)F)C1)c1ccccc1F. The largest absolute Gasteiger partial charge is 0.391 e. The summed E-state index contributed by atoms with van der Waals surface area (Å²) < 4.78 is 51.4. The molecule has 0 aromatic heterocycles. The van der Waals surface area contributed by atoms with Crippen LogP contribution >= 0.6 is 0 Å². The zero-order chi connectivity index (χ0) is 14.8. The number of carbonyl (C=O) groups is 1. The van der Waals surface area contributed by atoms with Crippen LogP contribution in [0.3, 0.4) is 0 Å². The van der Waals surface area contributed by atoms with Gasteiger partial charge in [-0.15, -0.1) is 0 Å². The highest BCUT2D eigenvalue weighted by Gasteiger charge is 2.42. The second-order valence-electron chi connectivity index (χ2n) is 5.06. The molecule has 0 heterocycles. The Morgan fingerprint density at radius 3 is 2.55 bits per heavy atom. The van der Waals surface area contributed by atoms with Gasteiger partial charge in [0.25, 0.3) is 5.91 Å². The number of carbonyl (C=O) groups excluding carboxylic acids is 1. The van der Waals surface area contributed by atoms with E-state index in [1.807, 2.05) is 0 Å². The molecule has 0 unspecified atom stereocenters. The maximum absolute atomic E-state index is 13.4. The van der Waals surface area contributed by atoms with Crippen molar-refractivity contribution in [2.75, 3.05) is 0 Å². The quantitative estimate of drug-likeness (QED) is 0.827. The van der Waals surface area contributed by atoms with E-state index in [0.29, 0.717) is 12.8 Å². The molecule has 0 saturated heterocycles. The minimum Gasteiger partial charge on any atom is -0.349 e. The smallest absolute Gasteiger partial charge is 0.349 e. The van der Waals surface area contributed by atoms with Gasteiger partial charge in [0.2, 0.25) is 0 Å². The van der Waals surface area contributed by atoms with Gasteiger partial charge in [-0.25, -0.2) is 4.39 Å². The second kappa shape index (κ2) is 5.81. The first-order chi connectivity index (χ1) is 9.38. The van der Waals surface area contributed by atoms with Gasteiger partial charge in [0.1, 0.15) is 5.82 Å². The van der Waals surface area contributed by atoms with Crippen LogP contribution < -0.4 is 5.32 Å². The molecule has 0 bridgehead atoms. The summed E-state index contributed by atoms with van der Waals surface area (Å²) in [5, 5.41) is 2.50. The highest BCUT2D eigenvalue weighted by molar-refractivity contribution is 5.94. The lowest BCUT2D eigenvalue weighted by Crippen LogP contribution is -2.41. The predicted molar refractivity (Wildman–Crippen MR) is 65.7 cm³/mol. The molecule has 1 aromatic carbocycles. The van der Waals surface area contributed by atoms with Gasteiger partial charge in [-0.05, 0) is 31.4 Å². The van der Waals surface area contributed by atoms with Gasteiger partial charge in [-0.3, -0.25) is 4.79 Å². The Balaban J connectivity index is 2.00. The van der Waals surface area contributed by atoms with Gasteiger partial charge < -0.3 is 5.32 Å². The number of hydrogen-bond donors (Lipinski definition) is 1. The molecule has 1 aromatic rings. The summed E-state index contributed by atoms with van der Waals surface area (Å²) in [4.78, 5) is 11.9. The van der Waals surface area contributed by atoms with Crippen molar-refractivity contribution in [1.82, 2.24) is 5.32 Å². The van der Waals surface area contributed by atoms with Crippen LogP contribution in [0.15, 0.2) is 24.3 Å². The third kappa shape index (κ3) is 3.49. The minimum absolute atomic E-state index is 0.0928. The Bertz CT molecular complexity index is 486. The number of halogens is 4. The predicted octanol–water partition coefficient (Wildman–Crippen LogP) is 3.68. The van der Waals surface area contributed by atoms with E-state index in [9.17, 15) is 22.4 Å². The Kier molecular flexibility index (Phi) is 4.30. The number of alkyl halides is 3. The Labute approximate surface area is 114 Å². The van der Waals surface area contributed by atoms with Crippen molar-refractivity contribution in [3.63, 3.8) is 0 Å². The van der Waals surface area contributed by atoms with Crippen molar-refractivity contribution >= 4 is 5.91 Å². The Hall–Kier alpha value is -1.59. The molecule has 1 N–H and O–H groups in total. The van der Waals surface area contributed by atoms with E-state index < -0.39 is 29.9 Å². The molecule has 1 saturated carbocycles. The highest BCUT2D eigenvalue weighted by Crippen LogP contribution is 2.37. The lowest BCUT2D eigenvalue weighted by molar-refractivity contribution is -0.183. The van der Waals surface area contributed by atoms with E-state index >= 15 is 0 Å². The number of benzene rings is 1. The zero-order valence-corrected chi connectivity index (χ0v) is 10.7. The molecular formula is C14H15F4NO. The van der Waals surface area contributed by atoms with Crippen LogP contribution in [0.4, 0.5) is 17.6 Å². The summed E-state index contributed by atoms with van der Waals surface area (Å²) in [7, 11) is 0. The standard InChI is InChI=1S/C14H15F4NO/c15-12-7-2-1-6-11(12)13(20)19-10-5-3-4-9(8-10)14(16,17)18/h1-2,6-7,9-10H,3-5,8H2,(H,19,20)/t9-,10+/m1/s1. The fraction of sp³-hybridized carbons (Fsp3) is 0.500. The van der Waals surface area contributed by atoms with Crippen molar-refractivity contribution in [3.05, 3.63) is 35.6 Å². The van der Waals surface area contributed by atoms with Crippen molar-refractivity contribution in [1.29, 1.82) is 0 Å². The van der Waals surface area contributed by atoms with Crippen molar-refractivity contribution in [3.8, 4) is 0 Å². The van der Waals surface area contributed by atoms with Crippen molar-refractivity contribution in [2.24, 2.45) is 5.92 Å². The topological polar surface area (TPSA) is 29.1 Å². The summed E-state index contributed by atoms with van der Waals surface area (Å²) in [6.45, 7) is 0. The van der Waals surface area contributed by atoms with E-state index in [4.69, 9.17) is 0 Å². The van der Waals surface area contributed by atoms with Crippen LogP contribution in [0.5, 0.6) is 0 Å². The number of rotatable bonds is 2. The summed E-state index contributed by atoms with van der Waals surface area (Å²) in [5.41, 5.74) is -0.137. The molecule has 1 amide bonds. The monoisotopic (exact) mass is 289 g/mol. The molecule has 1 aliphatic rings. The number of hydrogen-bond acceptors (Lipinski definition) is 1. The van der Waals surface area contributed by atoms with Crippen LogP contribution in [-0.2, 0) is 0 Å². The molecule has 0 spiro atoms. The Morgan fingerprint density at radius 2 is 1.90 bits per heavy atom. The molecule has 2 rings (SSSR count). The van der Waals surface area contributed by atoms with Gasteiger partial charge >= 0.3 is 6.18 Å². The normalized spacial score (nSPS) is 23.4. The van der Waals surface area contributed by atoms with Crippen molar-refractivity contribution < 1.29 is 22.4 Å². The molecule has 1 fully saturated rings. The zero-order valence-electron chi connectivity index (χ0n) is 10.7. The fourth-order valence-corrected chi connectivity index (χ4v) is 2.53. The molecule has 2 atom stereocenters. The minimum atomic E-state index is -4.23. The van der Waals surface area contributed by atoms with Gasteiger partial charge in [-0.2, -0.15) is 13.2 Å². The first kappa shape index (κ1) is 14.8. The average Bonchev–Trinajstić information content (AvgIpc) is 2.38. The van der Waals surface area contributed by atoms with Crippen LogP contribution in [0.1, 0.15) is 36.0 Å². The van der Waals surface area contributed by atoms with E-state index in [1.54, 1.807) is 0 Å². The van der Waals surface area contributed by atoms with Crippen LogP contribution in [0.2, 0.25) is 0 Å². The second-order valence-corrected chi connectivity index (χ2v) is 5.06. The summed E-state index contributed by atoms with van der Waals surface area (Å²) in [6.07, 6.45) is -3.38. The number of nitrogens with one attached hydrogen (secondary N) is 1. The van der Waals surface area contributed by atoms with E-state index in [1.165, 1.54) is 18.2 Å². The van der Waals surface area contributed by atoms with Crippen LogP contribution in [0.25, 0.3) is 0 Å². The maximum Gasteiger partial charge on any atom is 0.391 e. The highest BCUT2D eigenvalue weighted by atomic mass is 19.4. The summed E-state index contributed by atoms with van der Waals surface area (Å²) >= 11 is 0. The van der Waals surface area contributed by atoms with Gasteiger partial charge in [0.15, 0.2) is 0 Å². The lowest BCUT2D eigenvalue weighted by Gasteiger charge is -2.31. The molecule has 6 heteroatoms. The summed E-state index contributed by atoms with van der Waals surface area (Å²) in [5.74, 6) is -2.72. The Morgan fingerprint density at radius 1 is 1.20 bits per heavy atom. The van der Waals surface area contributed by atoms with Gasteiger partial charge in [0, 0.05) is 6.04 Å². The van der Waals surface area contributed by atoms with E-state index in [-0.39, 0.29) is 18.4 Å². The van der Waals surface area contributed by atoms with E-state index in [0.717, 1.165) is 6.07 Å². The third-order valence-electron chi connectivity index (χ3n) is 3.59. The van der Waals surface area contributed by atoms with Crippen LogP contribution in [0, 0.1) is 11.7 Å². The average molecular weight is 289 g/mol. The maximum atomic E-state index is 13.4. The summed E-state index contributed by atoms with van der Waals surface area (Å²) in [6, 6.07) is 4.87. The first-order valence-electron chi connectivity index (χ1n) is 6.50. The van der Waals surface area contributed by atoms with Gasteiger partial charge in [-0.1, -0.05) is 18.6 Å². The molecule has 0 radical (unpaired) electrons.